The van der Waals surface area contributed by atoms with Crippen molar-refractivity contribution in [3.63, 3.8) is 0 Å². The van der Waals surface area contributed by atoms with Crippen molar-refractivity contribution in [3.05, 3.63) is 47.5 Å². The van der Waals surface area contributed by atoms with Crippen molar-refractivity contribution in [1.29, 1.82) is 0 Å². The highest BCUT2D eigenvalue weighted by atomic mass is 16.7. The van der Waals surface area contributed by atoms with Crippen LogP contribution in [0.1, 0.15) is 30.0 Å². The molecule has 0 amide bonds. The summed E-state index contributed by atoms with van der Waals surface area (Å²) >= 11 is 0. The van der Waals surface area contributed by atoms with E-state index in [4.69, 9.17) is 18.9 Å². The highest BCUT2D eigenvalue weighted by molar-refractivity contribution is 5.74. The number of likely N-dealkylation sites (tertiary alicyclic amines) is 1. The van der Waals surface area contributed by atoms with E-state index in [1.165, 1.54) is 0 Å². The van der Waals surface area contributed by atoms with Gasteiger partial charge in [-0.1, -0.05) is 6.07 Å². The van der Waals surface area contributed by atoms with Crippen molar-refractivity contribution in [2.45, 2.75) is 24.9 Å². The molecule has 0 radical (unpaired) electrons. The van der Waals surface area contributed by atoms with Gasteiger partial charge >= 0.3 is 5.97 Å². The second-order valence-electron chi connectivity index (χ2n) is 6.86. The maximum Gasteiger partial charge on any atom is 0.320 e. The molecule has 7 nitrogen and oxygen atoms in total. The second-order valence-corrected chi connectivity index (χ2v) is 6.86. The van der Waals surface area contributed by atoms with E-state index in [0.717, 1.165) is 17.5 Å². The molecule has 2 aliphatic heterocycles. The summed E-state index contributed by atoms with van der Waals surface area (Å²) in [6.07, 6.45) is 1.44. The van der Waals surface area contributed by atoms with Crippen LogP contribution < -0.4 is 18.9 Å². The Kier molecular flexibility index (Phi) is 5.00. The van der Waals surface area contributed by atoms with E-state index in [1.807, 2.05) is 41.3 Å². The summed E-state index contributed by atoms with van der Waals surface area (Å²) in [7, 11) is 3.22. The van der Waals surface area contributed by atoms with Crippen LogP contribution in [0.5, 0.6) is 23.0 Å². The number of hydrogen-bond acceptors (Lipinski definition) is 6. The van der Waals surface area contributed by atoms with Gasteiger partial charge in [0.25, 0.3) is 0 Å². The number of aliphatic carboxylic acids is 1. The van der Waals surface area contributed by atoms with Crippen molar-refractivity contribution in [2.75, 3.05) is 27.6 Å². The Labute approximate surface area is 163 Å². The molecule has 7 heteroatoms. The van der Waals surface area contributed by atoms with Gasteiger partial charge in [-0.3, -0.25) is 9.69 Å². The summed E-state index contributed by atoms with van der Waals surface area (Å²) in [5.74, 6) is 1.91. The summed E-state index contributed by atoms with van der Waals surface area (Å²) in [4.78, 5) is 13.9. The molecule has 1 N–H and O–H groups in total. The molecular weight excluding hydrogens is 362 g/mol. The van der Waals surface area contributed by atoms with Gasteiger partial charge in [0.05, 0.1) is 20.3 Å². The molecule has 0 aliphatic carbocycles. The van der Waals surface area contributed by atoms with Crippen LogP contribution in [0, 0.1) is 0 Å². The molecule has 28 heavy (non-hydrogen) atoms. The molecular formula is C21H23NO6. The van der Waals surface area contributed by atoms with E-state index >= 15 is 0 Å². The van der Waals surface area contributed by atoms with Crippen LogP contribution in [0.2, 0.25) is 0 Å². The third-order valence-corrected chi connectivity index (χ3v) is 5.35. The molecule has 0 aromatic heterocycles. The van der Waals surface area contributed by atoms with Gasteiger partial charge in [-0.25, -0.2) is 0 Å². The second kappa shape index (κ2) is 7.59. The first kappa shape index (κ1) is 18.4. The smallest absolute Gasteiger partial charge is 0.320 e. The molecule has 2 unspecified atom stereocenters. The van der Waals surface area contributed by atoms with E-state index in [2.05, 4.69) is 0 Å². The van der Waals surface area contributed by atoms with Crippen LogP contribution in [0.25, 0.3) is 0 Å². The molecule has 2 heterocycles. The minimum absolute atomic E-state index is 0.188. The lowest BCUT2D eigenvalue weighted by atomic mass is 9.94. The van der Waals surface area contributed by atoms with E-state index < -0.39 is 12.0 Å². The molecule has 1 fully saturated rings. The summed E-state index contributed by atoms with van der Waals surface area (Å²) in [5, 5.41) is 9.77. The zero-order valence-electron chi connectivity index (χ0n) is 15.9. The van der Waals surface area contributed by atoms with Crippen molar-refractivity contribution in [1.82, 2.24) is 4.90 Å². The fraction of sp³-hybridized carbons (Fsp3) is 0.381. The highest BCUT2D eigenvalue weighted by Gasteiger charge is 2.38. The minimum atomic E-state index is -0.815. The summed E-state index contributed by atoms with van der Waals surface area (Å²) in [5.41, 5.74) is 1.78. The van der Waals surface area contributed by atoms with Crippen LogP contribution >= 0.6 is 0 Å². The molecule has 1 saturated heterocycles. The Morgan fingerprint density at radius 2 is 1.96 bits per heavy atom. The van der Waals surface area contributed by atoms with Crippen molar-refractivity contribution in [3.8, 4) is 23.0 Å². The molecule has 0 bridgehead atoms. The quantitative estimate of drug-likeness (QED) is 0.819. The predicted molar refractivity (Wildman–Crippen MR) is 101 cm³/mol. The number of benzene rings is 2. The Morgan fingerprint density at radius 1 is 1.14 bits per heavy atom. The minimum Gasteiger partial charge on any atom is -0.497 e. The largest absolute Gasteiger partial charge is 0.497 e. The monoisotopic (exact) mass is 385 g/mol. The Balaban J connectivity index is 1.86. The van der Waals surface area contributed by atoms with E-state index in [9.17, 15) is 9.90 Å². The van der Waals surface area contributed by atoms with Crippen LogP contribution in [-0.2, 0) is 4.79 Å². The maximum absolute atomic E-state index is 11.9. The molecule has 2 aromatic rings. The number of carboxylic acids is 1. The molecule has 2 atom stereocenters. The first-order chi connectivity index (χ1) is 13.6. The Bertz CT molecular complexity index is 883. The van der Waals surface area contributed by atoms with Crippen molar-refractivity contribution < 1.29 is 28.8 Å². The van der Waals surface area contributed by atoms with Crippen molar-refractivity contribution in [2.24, 2.45) is 0 Å². The Hall–Kier alpha value is -2.93. The first-order valence-electron chi connectivity index (χ1n) is 9.22. The zero-order valence-corrected chi connectivity index (χ0v) is 15.9. The number of fused-ring (bicyclic) bond motifs is 1. The lowest BCUT2D eigenvalue weighted by Gasteiger charge is -2.33. The SMILES string of the molecule is COc1ccc(OC)c(C(c2ccc3c(c2)OCO3)N2CCCC2C(=O)O)c1. The zero-order chi connectivity index (χ0) is 19.7. The normalized spacial score (nSPS) is 19.4. The van der Waals surface area contributed by atoms with Gasteiger partial charge in [0.1, 0.15) is 17.5 Å². The lowest BCUT2D eigenvalue weighted by Crippen LogP contribution is -2.39. The number of nitrogens with zero attached hydrogens (tertiary/aromatic N) is 1. The van der Waals surface area contributed by atoms with E-state index in [1.54, 1.807) is 14.2 Å². The number of hydrogen-bond donors (Lipinski definition) is 1. The predicted octanol–water partition coefficient (Wildman–Crippen LogP) is 3.07. The molecule has 0 saturated carbocycles. The van der Waals surface area contributed by atoms with E-state index in [0.29, 0.717) is 36.0 Å². The average Bonchev–Trinajstić information content (AvgIpc) is 3.37. The van der Waals surface area contributed by atoms with E-state index in [-0.39, 0.29) is 12.8 Å². The third-order valence-electron chi connectivity index (χ3n) is 5.35. The van der Waals surface area contributed by atoms with Gasteiger partial charge in [-0.05, 0) is 48.7 Å². The highest BCUT2D eigenvalue weighted by Crippen LogP contribution is 2.43. The van der Waals surface area contributed by atoms with Gasteiger partial charge in [0.15, 0.2) is 11.5 Å². The first-order valence-corrected chi connectivity index (χ1v) is 9.22. The standard InChI is InChI=1S/C21H23NO6/c1-25-14-6-8-17(26-2)15(11-14)20(22-9-3-4-16(22)21(23)24)13-5-7-18-19(10-13)28-12-27-18/h5-8,10-11,16,20H,3-4,9,12H2,1-2H3,(H,23,24). The maximum atomic E-state index is 11.9. The van der Waals surface area contributed by atoms with Gasteiger partial charge in [-0.15, -0.1) is 0 Å². The number of methoxy groups -OCH3 is 2. The number of rotatable bonds is 6. The Morgan fingerprint density at radius 3 is 2.71 bits per heavy atom. The van der Waals surface area contributed by atoms with Crippen molar-refractivity contribution >= 4 is 5.97 Å². The summed E-state index contributed by atoms with van der Waals surface area (Å²) in [6, 6.07) is 10.4. The van der Waals surface area contributed by atoms with Crippen LogP contribution in [0.15, 0.2) is 36.4 Å². The third kappa shape index (κ3) is 3.22. The van der Waals surface area contributed by atoms with Crippen LogP contribution in [-0.4, -0.2) is 49.6 Å². The lowest BCUT2D eigenvalue weighted by molar-refractivity contribution is -0.142. The molecule has 148 valence electrons. The molecule has 0 spiro atoms. The number of ether oxygens (including phenoxy) is 4. The van der Waals surface area contributed by atoms with Gasteiger partial charge in [-0.2, -0.15) is 0 Å². The fourth-order valence-corrected chi connectivity index (χ4v) is 4.05. The van der Waals surface area contributed by atoms with Gasteiger partial charge in [0.2, 0.25) is 6.79 Å². The van der Waals surface area contributed by atoms with Gasteiger partial charge in [0, 0.05) is 12.1 Å². The molecule has 2 aliphatic rings. The number of carbonyl (C=O) groups is 1. The van der Waals surface area contributed by atoms with Crippen LogP contribution in [0.4, 0.5) is 0 Å². The van der Waals surface area contributed by atoms with Gasteiger partial charge < -0.3 is 24.1 Å². The number of carboxylic acid groups (broad SMARTS) is 1. The molecule has 2 aromatic carbocycles. The average molecular weight is 385 g/mol. The fourth-order valence-electron chi connectivity index (χ4n) is 4.05. The summed E-state index contributed by atoms with van der Waals surface area (Å²) < 4.78 is 22.0. The topological polar surface area (TPSA) is 77.5 Å². The summed E-state index contributed by atoms with van der Waals surface area (Å²) in [6.45, 7) is 0.865. The van der Waals surface area contributed by atoms with Crippen LogP contribution in [0.3, 0.4) is 0 Å². The molecule has 4 rings (SSSR count).